The van der Waals surface area contributed by atoms with E-state index in [0.29, 0.717) is 18.5 Å². The first-order valence-electron chi connectivity index (χ1n) is 10.2. The van der Waals surface area contributed by atoms with Gasteiger partial charge in [-0.05, 0) is 31.5 Å². The Morgan fingerprint density at radius 3 is 2.90 bits per heavy atom. The average molecular weight is 412 g/mol. The van der Waals surface area contributed by atoms with E-state index in [2.05, 4.69) is 31.7 Å². The van der Waals surface area contributed by atoms with Gasteiger partial charge < -0.3 is 20.5 Å². The third-order valence-electron chi connectivity index (χ3n) is 5.94. The van der Waals surface area contributed by atoms with Crippen molar-refractivity contribution in [2.24, 2.45) is 0 Å². The Bertz CT molecular complexity index is 949. The highest BCUT2D eigenvalue weighted by Crippen LogP contribution is 2.37. The number of hydrogen-bond acceptors (Lipinski definition) is 8. The summed E-state index contributed by atoms with van der Waals surface area (Å²) in [5.74, 6) is 0.564. The minimum absolute atomic E-state index is 0.0432. The number of aliphatic hydroxyl groups excluding tert-OH is 1. The molecule has 0 radical (unpaired) electrons. The monoisotopic (exact) mass is 411 g/mol. The second-order valence-corrected chi connectivity index (χ2v) is 9.00. The molecule has 1 saturated carbocycles. The second kappa shape index (κ2) is 7.85. The zero-order valence-electron chi connectivity index (χ0n) is 16.2. The number of fused-ring (bicyclic) bond motifs is 1. The Hall–Kier alpha value is -2.29. The van der Waals surface area contributed by atoms with Gasteiger partial charge >= 0.3 is 0 Å². The second-order valence-electron chi connectivity index (χ2n) is 7.97. The van der Waals surface area contributed by atoms with Gasteiger partial charge in [0.05, 0.1) is 22.2 Å². The molecule has 1 aliphatic carbocycles. The molecule has 0 amide bonds. The van der Waals surface area contributed by atoms with Crippen LogP contribution in [0.3, 0.4) is 0 Å². The number of ether oxygens (including phenoxy) is 1. The Kier molecular flexibility index (Phi) is 5.07. The van der Waals surface area contributed by atoms with Crippen LogP contribution in [-0.2, 0) is 5.41 Å². The average Bonchev–Trinajstić information content (AvgIpc) is 3.15. The lowest BCUT2D eigenvalue weighted by molar-refractivity contribution is 0.0924. The summed E-state index contributed by atoms with van der Waals surface area (Å²) in [6, 6.07) is 8.53. The molecule has 1 aromatic carbocycles. The molecule has 2 fully saturated rings. The van der Waals surface area contributed by atoms with Crippen molar-refractivity contribution in [3.63, 3.8) is 0 Å². The molecule has 1 atom stereocenters. The minimum atomic E-state index is -0.412. The fourth-order valence-corrected chi connectivity index (χ4v) is 5.14. The van der Waals surface area contributed by atoms with Gasteiger partial charge in [0.1, 0.15) is 11.8 Å². The number of anilines is 1. The smallest absolute Gasteiger partial charge is 0.236 e. The standard InChI is InChI=1S/C21H25N5O2S/c27-13-21(6-3-7-22-12-21)18-19(24-9-8-23-18)28-15-10-14(11-15)25-20-26-16-4-1-2-5-17(16)29-20/h1-2,4-5,8-9,14-15,22,27H,3,6-7,10-13H2,(H,25,26)/t14?,15?,21-/m0/s1. The lowest BCUT2D eigenvalue weighted by Crippen LogP contribution is -2.47. The predicted molar refractivity (Wildman–Crippen MR) is 114 cm³/mol. The van der Waals surface area contributed by atoms with Crippen molar-refractivity contribution in [1.82, 2.24) is 20.3 Å². The first-order valence-corrected chi connectivity index (χ1v) is 11.0. The van der Waals surface area contributed by atoms with Gasteiger partial charge in [-0.1, -0.05) is 23.5 Å². The maximum absolute atomic E-state index is 10.1. The lowest BCUT2D eigenvalue weighted by atomic mass is 9.78. The number of nitrogens with zero attached hydrogens (tertiary/aromatic N) is 3. The van der Waals surface area contributed by atoms with Crippen molar-refractivity contribution in [2.75, 3.05) is 25.0 Å². The summed E-state index contributed by atoms with van der Waals surface area (Å²) in [4.78, 5) is 13.7. The quantitative estimate of drug-likeness (QED) is 0.574. The summed E-state index contributed by atoms with van der Waals surface area (Å²) in [6.45, 7) is 1.71. The summed E-state index contributed by atoms with van der Waals surface area (Å²) >= 11 is 1.68. The molecule has 3 aromatic rings. The summed E-state index contributed by atoms with van der Waals surface area (Å²) in [5, 5.41) is 18.0. The number of thiazole rings is 1. The van der Waals surface area contributed by atoms with Crippen LogP contribution in [0.2, 0.25) is 0 Å². The predicted octanol–water partition coefficient (Wildman–Crippen LogP) is 2.72. The van der Waals surface area contributed by atoms with Crippen molar-refractivity contribution in [2.45, 2.75) is 43.2 Å². The van der Waals surface area contributed by atoms with Crippen molar-refractivity contribution in [3.05, 3.63) is 42.4 Å². The molecule has 3 N–H and O–H groups in total. The number of aromatic nitrogens is 3. The van der Waals surface area contributed by atoms with Crippen molar-refractivity contribution in [1.29, 1.82) is 0 Å². The number of piperidine rings is 1. The Morgan fingerprint density at radius 2 is 2.10 bits per heavy atom. The van der Waals surface area contributed by atoms with Gasteiger partial charge in [0.15, 0.2) is 5.13 Å². The summed E-state index contributed by atoms with van der Waals surface area (Å²) in [5.41, 5.74) is 1.40. The van der Waals surface area contributed by atoms with E-state index >= 15 is 0 Å². The Labute approximate surface area is 173 Å². The first-order chi connectivity index (χ1) is 14.3. The van der Waals surface area contributed by atoms with Crippen molar-refractivity contribution >= 4 is 26.7 Å². The fraction of sp³-hybridized carbons (Fsp3) is 0.476. The highest BCUT2D eigenvalue weighted by molar-refractivity contribution is 7.22. The molecule has 3 heterocycles. The molecule has 2 aliphatic rings. The maximum Gasteiger partial charge on any atom is 0.236 e. The van der Waals surface area contributed by atoms with Crippen LogP contribution in [0.15, 0.2) is 36.7 Å². The molecule has 1 aliphatic heterocycles. The van der Waals surface area contributed by atoms with Gasteiger partial charge in [0, 0.05) is 37.8 Å². The van der Waals surface area contributed by atoms with E-state index < -0.39 is 5.41 Å². The SMILES string of the molecule is OC[C@]1(c2nccnc2OC2CC(Nc3nc4ccccc4s3)C2)CCCNC1. The zero-order chi connectivity index (χ0) is 19.7. The topological polar surface area (TPSA) is 92.2 Å². The van der Waals surface area contributed by atoms with Gasteiger partial charge in [-0.3, -0.25) is 4.98 Å². The maximum atomic E-state index is 10.1. The van der Waals surface area contributed by atoms with Gasteiger partial charge in [-0.15, -0.1) is 0 Å². The highest BCUT2D eigenvalue weighted by atomic mass is 32.1. The van der Waals surface area contributed by atoms with E-state index in [1.807, 2.05) is 18.2 Å². The van der Waals surface area contributed by atoms with Crippen LogP contribution in [0, 0.1) is 0 Å². The van der Waals surface area contributed by atoms with E-state index in [1.165, 1.54) is 4.70 Å². The van der Waals surface area contributed by atoms with Crippen LogP contribution in [-0.4, -0.2) is 51.9 Å². The normalized spacial score (nSPS) is 26.8. The van der Waals surface area contributed by atoms with E-state index in [0.717, 1.165) is 48.6 Å². The van der Waals surface area contributed by atoms with E-state index in [9.17, 15) is 5.11 Å². The van der Waals surface area contributed by atoms with Gasteiger partial charge in [-0.2, -0.15) is 0 Å². The molecule has 0 unspecified atom stereocenters. The third-order valence-corrected chi connectivity index (χ3v) is 6.90. The van der Waals surface area contributed by atoms with Crippen LogP contribution < -0.4 is 15.4 Å². The molecule has 7 nitrogen and oxygen atoms in total. The molecular formula is C21H25N5O2S. The number of hydrogen-bond donors (Lipinski definition) is 3. The Morgan fingerprint density at radius 1 is 1.24 bits per heavy atom. The molecule has 152 valence electrons. The summed E-state index contributed by atoms with van der Waals surface area (Å²) < 4.78 is 7.41. The molecule has 5 rings (SSSR count). The van der Waals surface area contributed by atoms with E-state index in [1.54, 1.807) is 23.7 Å². The fourth-order valence-electron chi connectivity index (χ4n) is 4.20. The minimum Gasteiger partial charge on any atom is -0.473 e. The number of rotatable bonds is 6. The van der Waals surface area contributed by atoms with E-state index in [4.69, 9.17) is 4.74 Å². The van der Waals surface area contributed by atoms with Crippen LogP contribution in [0.5, 0.6) is 5.88 Å². The number of aliphatic hydroxyl groups is 1. The molecule has 8 heteroatoms. The molecule has 2 aromatic heterocycles. The molecular weight excluding hydrogens is 386 g/mol. The van der Waals surface area contributed by atoms with E-state index in [-0.39, 0.29) is 12.7 Å². The third kappa shape index (κ3) is 3.68. The molecule has 0 spiro atoms. The first kappa shape index (κ1) is 18.7. The van der Waals surface area contributed by atoms with Crippen molar-refractivity contribution in [3.8, 4) is 5.88 Å². The highest BCUT2D eigenvalue weighted by Gasteiger charge is 2.39. The zero-order valence-corrected chi connectivity index (χ0v) is 17.0. The summed E-state index contributed by atoms with van der Waals surface area (Å²) in [7, 11) is 0. The molecule has 29 heavy (non-hydrogen) atoms. The number of nitrogens with one attached hydrogen (secondary N) is 2. The van der Waals surface area contributed by atoms with Crippen LogP contribution in [0.1, 0.15) is 31.4 Å². The number of benzene rings is 1. The number of para-hydroxylation sites is 1. The van der Waals surface area contributed by atoms with Crippen LogP contribution >= 0.6 is 11.3 Å². The lowest BCUT2D eigenvalue weighted by Gasteiger charge is -2.38. The van der Waals surface area contributed by atoms with Crippen LogP contribution in [0.4, 0.5) is 5.13 Å². The molecule has 0 bridgehead atoms. The van der Waals surface area contributed by atoms with Crippen molar-refractivity contribution < 1.29 is 9.84 Å². The largest absolute Gasteiger partial charge is 0.473 e. The Balaban J connectivity index is 1.23. The molecule has 1 saturated heterocycles. The summed E-state index contributed by atoms with van der Waals surface area (Å²) in [6.07, 6.45) is 7.14. The van der Waals surface area contributed by atoms with Crippen LogP contribution in [0.25, 0.3) is 10.2 Å². The van der Waals surface area contributed by atoms with Gasteiger partial charge in [0.25, 0.3) is 0 Å². The van der Waals surface area contributed by atoms with Gasteiger partial charge in [0.2, 0.25) is 5.88 Å². The van der Waals surface area contributed by atoms with Gasteiger partial charge in [-0.25, -0.2) is 9.97 Å².